The van der Waals surface area contributed by atoms with Gasteiger partial charge in [0.2, 0.25) is 0 Å². The molecule has 0 bridgehead atoms. The van der Waals surface area contributed by atoms with Crippen molar-refractivity contribution >= 4 is 0 Å². The minimum absolute atomic E-state index is 0.282. The molecule has 0 fully saturated rings. The summed E-state index contributed by atoms with van der Waals surface area (Å²) in [4.78, 5) is 0. The molecule has 2 N–H and O–H groups in total. The zero-order valence-electron chi connectivity index (χ0n) is 8.65. The first-order chi connectivity index (χ1) is 7.78. The van der Waals surface area contributed by atoms with Gasteiger partial charge in [0.15, 0.2) is 0 Å². The van der Waals surface area contributed by atoms with Gasteiger partial charge in [0.25, 0.3) is 0 Å². The first-order valence-corrected chi connectivity index (χ1v) is 4.92. The van der Waals surface area contributed by atoms with Gasteiger partial charge in [0, 0.05) is 12.1 Å². The lowest BCUT2D eigenvalue weighted by molar-refractivity contribution is 0.270. The summed E-state index contributed by atoms with van der Waals surface area (Å²) in [5, 5.41) is 0. The molecular weight excluding hydrogens is 209 g/mol. The molecule has 0 aliphatic rings. The summed E-state index contributed by atoms with van der Waals surface area (Å²) in [6, 6.07) is 7.68. The van der Waals surface area contributed by atoms with Gasteiger partial charge in [-0.2, -0.15) is 0 Å². The van der Waals surface area contributed by atoms with Crippen molar-refractivity contribution in [1.29, 1.82) is 0 Å². The maximum Gasteiger partial charge on any atom is 0.146 e. The topological polar surface area (TPSA) is 48.4 Å². The molecule has 0 saturated carbocycles. The number of furan rings is 1. The van der Waals surface area contributed by atoms with Crippen LogP contribution in [0.15, 0.2) is 41.0 Å². The van der Waals surface area contributed by atoms with Crippen LogP contribution in [0.3, 0.4) is 0 Å². The van der Waals surface area contributed by atoms with E-state index < -0.39 is 0 Å². The Kier molecular flexibility index (Phi) is 3.22. The SMILES string of the molecule is NCc1coc(COc2ccc(F)cc2)c1. The summed E-state index contributed by atoms with van der Waals surface area (Å²) >= 11 is 0. The number of hydrogen-bond acceptors (Lipinski definition) is 3. The van der Waals surface area contributed by atoms with Gasteiger partial charge in [-0.25, -0.2) is 4.39 Å². The lowest BCUT2D eigenvalue weighted by atomic mass is 10.3. The molecule has 1 heterocycles. The Morgan fingerprint density at radius 3 is 2.62 bits per heavy atom. The van der Waals surface area contributed by atoms with Gasteiger partial charge in [-0.15, -0.1) is 0 Å². The van der Waals surface area contributed by atoms with Crippen molar-refractivity contribution in [2.45, 2.75) is 13.2 Å². The van der Waals surface area contributed by atoms with Crippen molar-refractivity contribution < 1.29 is 13.5 Å². The van der Waals surface area contributed by atoms with E-state index >= 15 is 0 Å². The van der Waals surface area contributed by atoms with Crippen LogP contribution < -0.4 is 10.5 Å². The van der Waals surface area contributed by atoms with E-state index in [0.717, 1.165) is 5.56 Å². The summed E-state index contributed by atoms with van der Waals surface area (Å²) in [5.74, 6) is 1.02. The largest absolute Gasteiger partial charge is 0.486 e. The molecule has 3 nitrogen and oxygen atoms in total. The fraction of sp³-hybridized carbons (Fsp3) is 0.167. The van der Waals surface area contributed by atoms with Crippen LogP contribution in [0.25, 0.3) is 0 Å². The predicted molar refractivity (Wildman–Crippen MR) is 57.3 cm³/mol. The summed E-state index contributed by atoms with van der Waals surface area (Å²) in [7, 11) is 0. The van der Waals surface area contributed by atoms with Crippen LogP contribution >= 0.6 is 0 Å². The summed E-state index contributed by atoms with van der Waals surface area (Å²) in [6.07, 6.45) is 1.60. The van der Waals surface area contributed by atoms with E-state index in [1.165, 1.54) is 12.1 Å². The molecule has 2 rings (SSSR count). The van der Waals surface area contributed by atoms with Crippen molar-refractivity contribution in [3.63, 3.8) is 0 Å². The van der Waals surface area contributed by atoms with Gasteiger partial charge in [0.05, 0.1) is 6.26 Å². The van der Waals surface area contributed by atoms with E-state index in [-0.39, 0.29) is 5.82 Å². The highest BCUT2D eigenvalue weighted by Crippen LogP contribution is 2.14. The number of halogens is 1. The Morgan fingerprint density at radius 1 is 1.25 bits per heavy atom. The Hall–Kier alpha value is -1.81. The summed E-state index contributed by atoms with van der Waals surface area (Å²) in [6.45, 7) is 0.756. The average Bonchev–Trinajstić information content (AvgIpc) is 2.76. The number of ether oxygens (including phenoxy) is 1. The Labute approximate surface area is 92.6 Å². The maximum atomic E-state index is 12.6. The molecule has 16 heavy (non-hydrogen) atoms. The minimum Gasteiger partial charge on any atom is -0.486 e. The molecule has 1 aromatic carbocycles. The molecule has 0 atom stereocenters. The van der Waals surface area contributed by atoms with E-state index in [9.17, 15) is 4.39 Å². The molecule has 0 unspecified atom stereocenters. The second-order valence-electron chi connectivity index (χ2n) is 3.37. The summed E-state index contributed by atoms with van der Waals surface area (Å²) < 4.78 is 23.2. The van der Waals surface area contributed by atoms with Crippen molar-refractivity contribution in [2.24, 2.45) is 5.73 Å². The van der Waals surface area contributed by atoms with E-state index in [1.54, 1.807) is 18.4 Å². The van der Waals surface area contributed by atoms with Crippen LogP contribution in [0.4, 0.5) is 4.39 Å². The van der Waals surface area contributed by atoms with Crippen molar-refractivity contribution in [2.75, 3.05) is 0 Å². The molecule has 84 valence electrons. The predicted octanol–water partition coefficient (Wildman–Crippen LogP) is 2.46. The Morgan fingerprint density at radius 2 is 2.00 bits per heavy atom. The normalized spacial score (nSPS) is 10.4. The van der Waals surface area contributed by atoms with Gasteiger partial charge in [-0.05, 0) is 30.3 Å². The van der Waals surface area contributed by atoms with Crippen molar-refractivity contribution in [3.05, 3.63) is 53.7 Å². The van der Waals surface area contributed by atoms with Crippen LogP contribution in [-0.4, -0.2) is 0 Å². The minimum atomic E-state index is -0.282. The maximum absolute atomic E-state index is 12.6. The van der Waals surface area contributed by atoms with E-state index in [4.69, 9.17) is 14.9 Å². The zero-order chi connectivity index (χ0) is 11.4. The molecule has 4 heteroatoms. The van der Waals surface area contributed by atoms with Crippen LogP contribution in [0.1, 0.15) is 11.3 Å². The monoisotopic (exact) mass is 221 g/mol. The molecule has 0 saturated heterocycles. The molecule has 0 aliphatic heterocycles. The molecule has 1 aromatic heterocycles. The van der Waals surface area contributed by atoms with Gasteiger partial charge in [0.1, 0.15) is 23.9 Å². The first kappa shape index (κ1) is 10.7. The number of rotatable bonds is 4. The number of hydrogen-bond donors (Lipinski definition) is 1. The first-order valence-electron chi connectivity index (χ1n) is 4.92. The highest BCUT2D eigenvalue weighted by molar-refractivity contribution is 5.22. The molecule has 0 amide bonds. The second-order valence-corrected chi connectivity index (χ2v) is 3.37. The van der Waals surface area contributed by atoms with Crippen molar-refractivity contribution in [3.8, 4) is 5.75 Å². The zero-order valence-corrected chi connectivity index (χ0v) is 8.65. The third kappa shape index (κ3) is 2.61. The molecule has 0 aliphatic carbocycles. The Balaban J connectivity index is 1.94. The van der Waals surface area contributed by atoms with Crippen LogP contribution in [0.5, 0.6) is 5.75 Å². The number of benzene rings is 1. The molecule has 2 aromatic rings. The van der Waals surface area contributed by atoms with Gasteiger partial charge in [-0.3, -0.25) is 0 Å². The van der Waals surface area contributed by atoms with Gasteiger partial charge >= 0.3 is 0 Å². The fourth-order valence-corrected chi connectivity index (χ4v) is 1.29. The third-order valence-electron chi connectivity index (χ3n) is 2.14. The van der Waals surface area contributed by atoms with Crippen LogP contribution in [0.2, 0.25) is 0 Å². The lowest BCUT2D eigenvalue weighted by Gasteiger charge is -2.03. The lowest BCUT2D eigenvalue weighted by Crippen LogP contribution is -1.95. The molecule has 0 radical (unpaired) electrons. The second kappa shape index (κ2) is 4.81. The molecule has 0 spiro atoms. The Bertz CT molecular complexity index is 450. The van der Waals surface area contributed by atoms with Crippen LogP contribution in [-0.2, 0) is 13.2 Å². The van der Waals surface area contributed by atoms with Gasteiger partial charge in [-0.1, -0.05) is 0 Å². The van der Waals surface area contributed by atoms with E-state index in [2.05, 4.69) is 0 Å². The summed E-state index contributed by atoms with van der Waals surface area (Å²) in [5.41, 5.74) is 6.37. The highest BCUT2D eigenvalue weighted by atomic mass is 19.1. The smallest absolute Gasteiger partial charge is 0.146 e. The molecular formula is C12H12FNO2. The van der Waals surface area contributed by atoms with Crippen molar-refractivity contribution in [1.82, 2.24) is 0 Å². The van der Waals surface area contributed by atoms with Crippen LogP contribution in [0, 0.1) is 5.82 Å². The number of nitrogens with two attached hydrogens (primary N) is 1. The quantitative estimate of drug-likeness (QED) is 0.862. The highest BCUT2D eigenvalue weighted by Gasteiger charge is 2.01. The average molecular weight is 221 g/mol. The third-order valence-corrected chi connectivity index (χ3v) is 2.14. The van der Waals surface area contributed by atoms with E-state index in [0.29, 0.717) is 24.7 Å². The standard InChI is InChI=1S/C12H12FNO2/c13-10-1-3-11(4-2-10)16-8-12-5-9(6-14)7-15-12/h1-5,7H,6,8,14H2. The van der Waals surface area contributed by atoms with Gasteiger partial charge < -0.3 is 14.9 Å². The van der Waals surface area contributed by atoms with E-state index in [1.807, 2.05) is 6.07 Å². The fourth-order valence-electron chi connectivity index (χ4n) is 1.29.